The van der Waals surface area contributed by atoms with Crippen LogP contribution in [0, 0.1) is 10.1 Å². The molecule has 0 fully saturated rings. The van der Waals surface area contributed by atoms with Crippen LogP contribution >= 0.6 is 0 Å². The number of carbonyl (C=O) groups is 1. The van der Waals surface area contributed by atoms with E-state index in [0.717, 1.165) is 5.56 Å². The summed E-state index contributed by atoms with van der Waals surface area (Å²) in [6, 6.07) is 6.43. The third-order valence-electron chi connectivity index (χ3n) is 2.53. The zero-order valence-electron chi connectivity index (χ0n) is 11.3. The number of benzene rings is 1. The van der Waals surface area contributed by atoms with Crippen molar-refractivity contribution >= 4 is 11.7 Å². The second kappa shape index (κ2) is 6.29. The van der Waals surface area contributed by atoms with Gasteiger partial charge in [-0.1, -0.05) is 12.1 Å². The van der Waals surface area contributed by atoms with E-state index in [-0.39, 0.29) is 18.3 Å². The van der Waals surface area contributed by atoms with Gasteiger partial charge < -0.3 is 10.1 Å². The van der Waals surface area contributed by atoms with Crippen molar-refractivity contribution < 1.29 is 14.5 Å². The van der Waals surface area contributed by atoms with Gasteiger partial charge in [0.1, 0.15) is 6.61 Å². The Morgan fingerprint density at radius 2 is 2.16 bits per heavy atom. The molecule has 0 atom stereocenters. The zero-order valence-corrected chi connectivity index (χ0v) is 11.3. The van der Waals surface area contributed by atoms with E-state index >= 15 is 0 Å². The molecule has 0 radical (unpaired) electrons. The van der Waals surface area contributed by atoms with Crippen LogP contribution in [0.15, 0.2) is 24.3 Å². The van der Waals surface area contributed by atoms with E-state index in [0.29, 0.717) is 6.54 Å². The lowest BCUT2D eigenvalue weighted by Gasteiger charge is -2.25. The molecule has 0 amide bonds. The summed E-state index contributed by atoms with van der Waals surface area (Å²) >= 11 is 0. The van der Waals surface area contributed by atoms with E-state index in [1.54, 1.807) is 6.07 Å². The fraction of sp³-hybridized carbons (Fsp3) is 0.462. The van der Waals surface area contributed by atoms with E-state index in [1.165, 1.54) is 19.1 Å². The predicted molar refractivity (Wildman–Crippen MR) is 70.6 cm³/mol. The molecule has 0 aromatic heterocycles. The Kier molecular flexibility index (Phi) is 5.00. The van der Waals surface area contributed by atoms with Gasteiger partial charge in [0.05, 0.1) is 4.92 Å². The molecule has 1 aromatic carbocycles. The lowest BCUT2D eigenvalue weighted by molar-refractivity contribution is -0.384. The molecule has 0 bridgehead atoms. The normalized spacial score (nSPS) is 11.1. The number of nitrogens with one attached hydrogen (secondary N) is 1. The van der Waals surface area contributed by atoms with Crippen LogP contribution in [0.1, 0.15) is 26.3 Å². The number of ether oxygens (including phenoxy) is 1. The number of nitrogens with zero attached hydrogens (tertiary/aromatic N) is 1. The molecule has 1 aromatic rings. The first-order chi connectivity index (χ1) is 8.80. The molecule has 6 nitrogen and oxygen atoms in total. The van der Waals surface area contributed by atoms with Gasteiger partial charge in [-0.3, -0.25) is 14.9 Å². The Hall–Kier alpha value is -1.95. The van der Waals surface area contributed by atoms with Crippen molar-refractivity contribution in [2.45, 2.75) is 32.9 Å². The minimum Gasteiger partial charge on any atom is -0.464 e. The topological polar surface area (TPSA) is 81.5 Å². The number of nitro benzene ring substituents is 1. The summed E-state index contributed by atoms with van der Waals surface area (Å²) in [5, 5.41) is 13.9. The number of hydrogen-bond acceptors (Lipinski definition) is 5. The van der Waals surface area contributed by atoms with Crippen LogP contribution < -0.4 is 5.32 Å². The molecule has 0 aliphatic heterocycles. The fourth-order valence-electron chi connectivity index (χ4n) is 1.45. The maximum absolute atomic E-state index is 10.8. The van der Waals surface area contributed by atoms with Crippen LogP contribution in [-0.2, 0) is 16.1 Å². The van der Waals surface area contributed by atoms with Crippen molar-refractivity contribution in [1.82, 2.24) is 5.32 Å². The Bertz CT molecular complexity index is 471. The molecule has 0 saturated heterocycles. The molecule has 104 valence electrons. The number of hydrogen-bond donors (Lipinski definition) is 1. The van der Waals surface area contributed by atoms with Gasteiger partial charge in [-0.15, -0.1) is 0 Å². The van der Waals surface area contributed by atoms with E-state index in [1.807, 2.05) is 19.9 Å². The van der Waals surface area contributed by atoms with Crippen molar-refractivity contribution in [3.05, 3.63) is 39.9 Å². The molecule has 1 N–H and O–H groups in total. The first-order valence-electron chi connectivity index (χ1n) is 5.92. The molecule has 19 heavy (non-hydrogen) atoms. The molecule has 0 saturated carbocycles. The third-order valence-corrected chi connectivity index (χ3v) is 2.53. The second-order valence-electron chi connectivity index (χ2n) is 4.94. The highest BCUT2D eigenvalue weighted by Crippen LogP contribution is 2.14. The van der Waals surface area contributed by atoms with Gasteiger partial charge in [0.15, 0.2) is 0 Å². The molecular formula is C13H18N2O4. The number of nitro groups is 1. The Balaban J connectivity index is 2.58. The monoisotopic (exact) mass is 266 g/mol. The van der Waals surface area contributed by atoms with Crippen LogP contribution in [0.25, 0.3) is 0 Å². The lowest BCUT2D eigenvalue weighted by Crippen LogP contribution is -2.43. The minimum absolute atomic E-state index is 0.0668. The molecule has 0 heterocycles. The molecule has 0 aliphatic rings. The second-order valence-corrected chi connectivity index (χ2v) is 4.94. The first kappa shape index (κ1) is 15.1. The Morgan fingerprint density at radius 3 is 2.74 bits per heavy atom. The van der Waals surface area contributed by atoms with Gasteiger partial charge in [-0.05, 0) is 19.4 Å². The average molecular weight is 266 g/mol. The maximum atomic E-state index is 10.8. The highest BCUT2D eigenvalue weighted by atomic mass is 16.6. The smallest absolute Gasteiger partial charge is 0.302 e. The van der Waals surface area contributed by atoms with Crippen LogP contribution in [0.2, 0.25) is 0 Å². The number of esters is 1. The van der Waals surface area contributed by atoms with Crippen molar-refractivity contribution in [2.75, 3.05) is 6.61 Å². The van der Waals surface area contributed by atoms with Gasteiger partial charge >= 0.3 is 5.97 Å². The highest BCUT2D eigenvalue weighted by Gasteiger charge is 2.19. The summed E-state index contributed by atoms with van der Waals surface area (Å²) in [6.45, 7) is 5.87. The quantitative estimate of drug-likeness (QED) is 0.484. The molecule has 6 heteroatoms. The summed E-state index contributed by atoms with van der Waals surface area (Å²) in [5.41, 5.74) is 0.484. The van der Waals surface area contributed by atoms with Gasteiger partial charge in [0.2, 0.25) is 0 Å². The van der Waals surface area contributed by atoms with Gasteiger partial charge in [-0.25, -0.2) is 0 Å². The standard InChI is InChI=1S/C13H18N2O4/c1-10(16)19-9-13(2,3)14-8-11-5-4-6-12(7-11)15(17)18/h4-7,14H,8-9H2,1-3H3. The minimum atomic E-state index is -0.423. The summed E-state index contributed by atoms with van der Waals surface area (Å²) in [4.78, 5) is 21.0. The largest absolute Gasteiger partial charge is 0.464 e. The van der Waals surface area contributed by atoms with Crippen LogP contribution in [0.4, 0.5) is 5.69 Å². The number of non-ortho nitro benzene ring substituents is 1. The summed E-state index contributed by atoms with van der Waals surface area (Å²) in [5.74, 6) is -0.328. The van der Waals surface area contributed by atoms with E-state index in [4.69, 9.17) is 4.74 Å². The zero-order chi connectivity index (χ0) is 14.5. The molecule has 0 unspecified atom stereocenters. The van der Waals surface area contributed by atoms with Crippen molar-refractivity contribution in [1.29, 1.82) is 0 Å². The van der Waals surface area contributed by atoms with Gasteiger partial charge in [0.25, 0.3) is 5.69 Å². The van der Waals surface area contributed by atoms with E-state index in [2.05, 4.69) is 5.32 Å². The number of rotatable bonds is 6. The first-order valence-corrected chi connectivity index (χ1v) is 5.92. The van der Waals surface area contributed by atoms with Gasteiger partial charge in [-0.2, -0.15) is 0 Å². The number of carbonyl (C=O) groups excluding carboxylic acids is 1. The lowest BCUT2D eigenvalue weighted by atomic mass is 10.1. The third kappa shape index (κ3) is 5.48. The molecule has 1 rings (SSSR count). The van der Waals surface area contributed by atoms with Crippen LogP contribution in [0.5, 0.6) is 0 Å². The van der Waals surface area contributed by atoms with Crippen molar-refractivity contribution in [3.8, 4) is 0 Å². The summed E-state index contributed by atoms with van der Waals surface area (Å²) < 4.78 is 4.95. The SMILES string of the molecule is CC(=O)OCC(C)(C)NCc1cccc([N+](=O)[O-])c1. The molecular weight excluding hydrogens is 248 g/mol. The van der Waals surface area contributed by atoms with Crippen LogP contribution in [0.3, 0.4) is 0 Å². The van der Waals surface area contributed by atoms with Crippen molar-refractivity contribution in [2.24, 2.45) is 0 Å². The fourth-order valence-corrected chi connectivity index (χ4v) is 1.45. The highest BCUT2D eigenvalue weighted by molar-refractivity contribution is 5.65. The van der Waals surface area contributed by atoms with Gasteiger partial charge in [0, 0.05) is 31.1 Å². The molecule has 0 aliphatic carbocycles. The van der Waals surface area contributed by atoms with E-state index in [9.17, 15) is 14.9 Å². The summed E-state index contributed by atoms with van der Waals surface area (Å²) in [6.07, 6.45) is 0. The summed E-state index contributed by atoms with van der Waals surface area (Å²) in [7, 11) is 0. The molecule has 0 spiro atoms. The Labute approximate surface area is 111 Å². The Morgan fingerprint density at radius 1 is 1.47 bits per heavy atom. The van der Waals surface area contributed by atoms with Crippen LogP contribution in [-0.4, -0.2) is 23.0 Å². The van der Waals surface area contributed by atoms with E-state index < -0.39 is 10.5 Å². The van der Waals surface area contributed by atoms with Crippen molar-refractivity contribution in [3.63, 3.8) is 0 Å². The predicted octanol–water partition coefficient (Wildman–Crippen LogP) is 2.03. The maximum Gasteiger partial charge on any atom is 0.302 e. The average Bonchev–Trinajstić information content (AvgIpc) is 2.35.